The van der Waals surface area contributed by atoms with Crippen LogP contribution in [0.4, 0.5) is 0 Å². The van der Waals surface area contributed by atoms with Crippen molar-refractivity contribution in [3.05, 3.63) is 118 Å². The summed E-state index contributed by atoms with van der Waals surface area (Å²) in [6.07, 6.45) is 1.74. The summed E-state index contributed by atoms with van der Waals surface area (Å²) < 4.78 is 13.8. The predicted molar refractivity (Wildman–Crippen MR) is 158 cm³/mol. The van der Waals surface area contributed by atoms with Crippen LogP contribution in [-0.4, -0.2) is 29.4 Å². The van der Waals surface area contributed by atoms with Gasteiger partial charge in [-0.15, -0.1) is 0 Å². The maximum absolute atomic E-state index is 13.9. The van der Waals surface area contributed by atoms with Gasteiger partial charge in [0.1, 0.15) is 11.5 Å². The van der Waals surface area contributed by atoms with Crippen molar-refractivity contribution in [2.24, 2.45) is 4.99 Å². The molecule has 0 fully saturated rings. The normalized spacial score (nSPS) is 15.1. The van der Waals surface area contributed by atoms with E-state index in [-0.39, 0.29) is 23.5 Å². The van der Waals surface area contributed by atoms with Gasteiger partial charge in [0.15, 0.2) is 4.80 Å². The van der Waals surface area contributed by atoms with Crippen LogP contribution in [0.15, 0.2) is 91.0 Å². The summed E-state index contributed by atoms with van der Waals surface area (Å²) >= 11 is 7.91. The quantitative estimate of drug-likeness (QED) is 0.286. The Balaban J connectivity index is 1.82. The molecule has 0 bridgehead atoms. The average molecular weight is 670 g/mol. The van der Waals surface area contributed by atoms with E-state index in [1.165, 1.54) is 11.3 Å². The van der Waals surface area contributed by atoms with Crippen LogP contribution in [0.1, 0.15) is 29.7 Å². The molecule has 3 aromatic carbocycles. The molecular formula is C29H22Br2N2O5S. The molecule has 0 aliphatic carbocycles. The van der Waals surface area contributed by atoms with Crippen LogP contribution in [0.2, 0.25) is 0 Å². The molecule has 1 aromatic heterocycles. The minimum Gasteiger partial charge on any atom is -0.506 e. The lowest BCUT2D eigenvalue weighted by Crippen LogP contribution is -2.40. The number of aromatic hydroxyl groups is 1. The van der Waals surface area contributed by atoms with E-state index in [2.05, 4.69) is 31.9 Å². The Kier molecular flexibility index (Phi) is 7.88. The highest BCUT2D eigenvalue weighted by molar-refractivity contribution is 9.11. The number of carbonyl (C=O) groups is 1. The fourth-order valence-electron chi connectivity index (χ4n) is 4.36. The molecule has 198 valence electrons. The summed E-state index contributed by atoms with van der Waals surface area (Å²) in [7, 11) is 1.58. The molecular weight excluding hydrogens is 648 g/mol. The highest BCUT2D eigenvalue weighted by Crippen LogP contribution is 2.36. The van der Waals surface area contributed by atoms with Crippen LogP contribution in [0, 0.1) is 0 Å². The number of rotatable bonds is 6. The van der Waals surface area contributed by atoms with Crippen LogP contribution in [-0.2, 0) is 9.53 Å². The molecule has 5 rings (SSSR count). The van der Waals surface area contributed by atoms with E-state index in [4.69, 9.17) is 14.5 Å². The molecule has 1 atom stereocenters. The number of aromatic nitrogens is 1. The van der Waals surface area contributed by atoms with E-state index in [0.717, 1.165) is 5.56 Å². The van der Waals surface area contributed by atoms with E-state index in [9.17, 15) is 14.7 Å². The second kappa shape index (κ2) is 11.3. The molecule has 10 heteroatoms. The highest BCUT2D eigenvalue weighted by atomic mass is 79.9. The number of esters is 1. The van der Waals surface area contributed by atoms with Crippen molar-refractivity contribution < 1.29 is 19.4 Å². The molecule has 0 saturated carbocycles. The van der Waals surface area contributed by atoms with Gasteiger partial charge in [-0.2, -0.15) is 0 Å². The van der Waals surface area contributed by atoms with Gasteiger partial charge in [-0.1, -0.05) is 53.8 Å². The Labute approximate surface area is 244 Å². The standard InChI is InChI=1S/C29H22Br2N2O5S/c1-3-38-28(36)23-24(17-7-5-4-6-8-17)32-29-33(25(23)18-9-11-19(37-2)12-10-18)27(35)22(39-29)15-16-13-20(30)26(34)21(31)14-16/h4-15,25,34H,3H2,1-2H3/b22-15-/t25-/m1/s1. The van der Waals surface area contributed by atoms with Gasteiger partial charge in [-0.05, 0) is 80.3 Å². The molecule has 39 heavy (non-hydrogen) atoms. The molecule has 0 amide bonds. The Bertz CT molecular complexity index is 1750. The molecule has 1 aliphatic heterocycles. The lowest BCUT2D eigenvalue weighted by atomic mass is 9.93. The summed E-state index contributed by atoms with van der Waals surface area (Å²) in [6.45, 7) is 1.92. The molecule has 0 spiro atoms. The summed E-state index contributed by atoms with van der Waals surface area (Å²) in [4.78, 5) is 32.7. The second-order valence-corrected chi connectivity index (χ2v) is 11.3. The number of carbonyl (C=O) groups excluding carboxylic acids is 1. The Morgan fingerprint density at radius 3 is 2.38 bits per heavy atom. The number of nitrogens with zero attached hydrogens (tertiary/aromatic N) is 2. The third-order valence-corrected chi connectivity index (χ3v) is 8.33. The molecule has 0 unspecified atom stereocenters. The van der Waals surface area contributed by atoms with Crippen molar-refractivity contribution in [3.63, 3.8) is 0 Å². The van der Waals surface area contributed by atoms with Gasteiger partial charge >= 0.3 is 5.97 Å². The fourth-order valence-corrected chi connectivity index (χ4v) is 6.58. The number of benzene rings is 3. The molecule has 0 radical (unpaired) electrons. The van der Waals surface area contributed by atoms with E-state index < -0.39 is 12.0 Å². The number of ether oxygens (including phenoxy) is 2. The van der Waals surface area contributed by atoms with Gasteiger partial charge < -0.3 is 14.6 Å². The first kappa shape index (κ1) is 27.1. The number of phenols is 1. The monoisotopic (exact) mass is 668 g/mol. The molecule has 2 heterocycles. The number of hydrogen-bond acceptors (Lipinski definition) is 7. The van der Waals surface area contributed by atoms with Crippen LogP contribution < -0.4 is 19.6 Å². The zero-order valence-electron chi connectivity index (χ0n) is 20.9. The van der Waals surface area contributed by atoms with Crippen molar-refractivity contribution in [1.29, 1.82) is 0 Å². The lowest BCUT2D eigenvalue weighted by molar-refractivity contribution is -0.138. The average Bonchev–Trinajstić information content (AvgIpc) is 3.25. The first-order chi connectivity index (χ1) is 18.8. The number of hydrogen-bond donors (Lipinski definition) is 1. The van der Waals surface area contributed by atoms with Crippen LogP contribution >= 0.6 is 43.2 Å². The largest absolute Gasteiger partial charge is 0.506 e. The van der Waals surface area contributed by atoms with Crippen LogP contribution in [0.5, 0.6) is 11.5 Å². The summed E-state index contributed by atoms with van der Waals surface area (Å²) in [5.41, 5.74) is 2.59. The van der Waals surface area contributed by atoms with Crippen LogP contribution in [0.3, 0.4) is 0 Å². The minimum atomic E-state index is -0.776. The van der Waals surface area contributed by atoms with Gasteiger partial charge in [0.05, 0.1) is 44.5 Å². The van der Waals surface area contributed by atoms with E-state index >= 15 is 0 Å². The summed E-state index contributed by atoms with van der Waals surface area (Å²) in [5, 5.41) is 10.1. The third-order valence-electron chi connectivity index (χ3n) is 6.14. The van der Waals surface area contributed by atoms with Crippen molar-refractivity contribution in [1.82, 2.24) is 4.57 Å². The Morgan fingerprint density at radius 2 is 1.77 bits per heavy atom. The number of halogens is 2. The van der Waals surface area contributed by atoms with Crippen molar-refractivity contribution in [2.75, 3.05) is 13.7 Å². The smallest absolute Gasteiger partial charge is 0.338 e. The zero-order valence-corrected chi connectivity index (χ0v) is 24.8. The van der Waals surface area contributed by atoms with Gasteiger partial charge in [0, 0.05) is 5.56 Å². The van der Waals surface area contributed by atoms with Gasteiger partial charge in [0.25, 0.3) is 5.56 Å². The SMILES string of the molecule is CCOC(=O)C1=C(c2ccccc2)N=c2s/c(=C\c3cc(Br)c(O)c(Br)c3)c(=O)n2[C@@H]1c1ccc(OC)cc1. The summed E-state index contributed by atoms with van der Waals surface area (Å²) in [5.74, 6) is 0.181. The number of methoxy groups -OCH3 is 1. The van der Waals surface area contributed by atoms with Crippen molar-refractivity contribution in [2.45, 2.75) is 13.0 Å². The lowest BCUT2D eigenvalue weighted by Gasteiger charge is -2.26. The minimum absolute atomic E-state index is 0.0692. The van der Waals surface area contributed by atoms with Crippen molar-refractivity contribution in [3.8, 4) is 11.5 Å². The molecule has 4 aromatic rings. The molecule has 7 nitrogen and oxygen atoms in total. The number of phenolic OH excluding ortho intramolecular Hbond substituents is 1. The van der Waals surface area contributed by atoms with E-state index in [1.54, 1.807) is 48.9 Å². The number of thiazole rings is 1. The number of fused-ring (bicyclic) bond motifs is 1. The molecule has 1 N–H and O–H groups in total. The second-order valence-electron chi connectivity index (χ2n) is 8.54. The first-order valence-electron chi connectivity index (χ1n) is 11.9. The van der Waals surface area contributed by atoms with Gasteiger partial charge in [0.2, 0.25) is 0 Å². The third kappa shape index (κ3) is 5.24. The summed E-state index contributed by atoms with van der Waals surface area (Å²) in [6, 6.07) is 19.3. The maximum atomic E-state index is 13.9. The Morgan fingerprint density at radius 1 is 1.10 bits per heavy atom. The topological polar surface area (TPSA) is 90.1 Å². The fraction of sp³-hybridized carbons (Fsp3) is 0.138. The molecule has 1 aliphatic rings. The first-order valence-corrected chi connectivity index (χ1v) is 14.3. The van der Waals surface area contributed by atoms with E-state index in [1.807, 2.05) is 42.5 Å². The molecule has 0 saturated heterocycles. The van der Waals surface area contributed by atoms with Crippen molar-refractivity contribution >= 4 is 60.9 Å². The van der Waals surface area contributed by atoms with E-state index in [0.29, 0.717) is 40.9 Å². The van der Waals surface area contributed by atoms with Gasteiger partial charge in [-0.25, -0.2) is 9.79 Å². The highest BCUT2D eigenvalue weighted by Gasteiger charge is 2.35. The Hall–Kier alpha value is -3.47. The van der Waals surface area contributed by atoms with Gasteiger partial charge in [-0.3, -0.25) is 9.36 Å². The zero-order chi connectivity index (χ0) is 27.7. The van der Waals surface area contributed by atoms with Crippen LogP contribution in [0.25, 0.3) is 11.8 Å². The predicted octanol–water partition coefficient (Wildman–Crippen LogP) is 5.17. The maximum Gasteiger partial charge on any atom is 0.338 e.